The van der Waals surface area contributed by atoms with Crippen LogP contribution in [0.1, 0.15) is 43.7 Å². The molecule has 1 aliphatic heterocycles. The Kier molecular flexibility index (Phi) is 9.17. The Bertz CT molecular complexity index is 1520. The van der Waals surface area contributed by atoms with Gasteiger partial charge in [-0.25, -0.2) is 12.7 Å². The van der Waals surface area contributed by atoms with E-state index in [0.29, 0.717) is 34.0 Å². The number of halogens is 1. The first-order valence-electron chi connectivity index (χ1n) is 13.0. The SMILES string of the molecule is COc1ccc2oc(C(=O)NC(CC(C)C)C(=O)N([C@H]3CCCNCC3=O)S(=O)(=O)c3cccc(Cl)c3)cc2c1. The minimum atomic E-state index is -4.52. The van der Waals surface area contributed by atoms with Gasteiger partial charge >= 0.3 is 0 Å². The minimum Gasteiger partial charge on any atom is -0.497 e. The van der Waals surface area contributed by atoms with Crippen molar-refractivity contribution in [2.75, 3.05) is 20.2 Å². The number of rotatable bonds is 9. The number of nitrogens with one attached hydrogen (secondary N) is 2. The highest BCUT2D eigenvalue weighted by molar-refractivity contribution is 7.89. The Morgan fingerprint density at radius 1 is 1.20 bits per heavy atom. The third-order valence-electron chi connectivity index (χ3n) is 6.61. The Labute approximate surface area is 238 Å². The van der Waals surface area contributed by atoms with E-state index in [2.05, 4.69) is 10.6 Å². The van der Waals surface area contributed by atoms with Crippen LogP contribution in [0.15, 0.2) is 57.8 Å². The van der Waals surface area contributed by atoms with Crippen LogP contribution in [0.2, 0.25) is 5.02 Å². The van der Waals surface area contributed by atoms with Gasteiger partial charge in [0.1, 0.15) is 23.4 Å². The van der Waals surface area contributed by atoms with Crippen molar-refractivity contribution in [3.05, 3.63) is 59.3 Å². The second-order valence-electron chi connectivity index (χ2n) is 10.1. The molecular formula is C28H32ClN3O7S. The van der Waals surface area contributed by atoms with Crippen molar-refractivity contribution in [3.63, 3.8) is 0 Å². The summed E-state index contributed by atoms with van der Waals surface area (Å²) < 4.78 is 39.4. The summed E-state index contributed by atoms with van der Waals surface area (Å²) in [7, 11) is -3.00. The van der Waals surface area contributed by atoms with E-state index in [9.17, 15) is 22.8 Å². The molecule has 0 saturated carbocycles. The van der Waals surface area contributed by atoms with Crippen molar-refractivity contribution in [3.8, 4) is 5.75 Å². The Balaban J connectivity index is 1.72. The molecule has 214 valence electrons. The van der Waals surface area contributed by atoms with Crippen molar-refractivity contribution in [2.24, 2.45) is 5.92 Å². The molecule has 3 aromatic rings. The summed E-state index contributed by atoms with van der Waals surface area (Å²) in [4.78, 5) is 40.3. The molecule has 1 unspecified atom stereocenters. The first kappa shape index (κ1) is 29.6. The fourth-order valence-corrected chi connectivity index (χ4v) is 6.61. The highest BCUT2D eigenvalue weighted by Gasteiger charge is 2.43. The van der Waals surface area contributed by atoms with Crippen LogP contribution in [-0.4, -0.2) is 62.6 Å². The standard InChI is InChI=1S/C28H32ClN3O7S/c1-17(2)12-22(31-27(34)26-14-18-13-20(38-3)9-10-25(18)39-26)28(35)32(23-8-5-11-30-16-24(23)33)40(36,37)21-7-4-6-19(29)15-21/h4,6-7,9-10,13-15,17,22-23,30H,5,8,11-12,16H2,1-3H3,(H,31,34)/t22?,23-/m0/s1. The number of carbonyl (C=O) groups is 3. The lowest BCUT2D eigenvalue weighted by atomic mass is 10.0. The summed E-state index contributed by atoms with van der Waals surface area (Å²) in [6.07, 6.45) is 0.749. The van der Waals surface area contributed by atoms with Crippen LogP contribution in [0, 0.1) is 5.92 Å². The van der Waals surface area contributed by atoms with E-state index in [1.54, 1.807) is 18.2 Å². The van der Waals surface area contributed by atoms with E-state index in [4.69, 9.17) is 20.8 Å². The molecule has 1 aromatic heterocycles. The smallest absolute Gasteiger partial charge is 0.287 e. The van der Waals surface area contributed by atoms with Crippen molar-refractivity contribution < 1.29 is 32.0 Å². The van der Waals surface area contributed by atoms with Gasteiger partial charge in [-0.3, -0.25) is 14.4 Å². The van der Waals surface area contributed by atoms with Gasteiger partial charge in [0, 0.05) is 10.4 Å². The number of Topliss-reactive ketones (excluding diaryl/α,β-unsaturated/α-hetero) is 1. The number of furan rings is 1. The molecule has 1 saturated heterocycles. The molecule has 2 N–H and O–H groups in total. The lowest BCUT2D eigenvalue weighted by Gasteiger charge is -2.33. The monoisotopic (exact) mass is 589 g/mol. The van der Waals surface area contributed by atoms with Crippen LogP contribution in [0.4, 0.5) is 0 Å². The lowest BCUT2D eigenvalue weighted by molar-refractivity contribution is -0.135. The number of amides is 2. The van der Waals surface area contributed by atoms with Crippen LogP contribution >= 0.6 is 11.6 Å². The zero-order valence-electron chi connectivity index (χ0n) is 22.5. The molecule has 12 heteroatoms. The molecule has 0 spiro atoms. The Morgan fingerprint density at radius 3 is 2.67 bits per heavy atom. The van der Waals surface area contributed by atoms with E-state index in [0.717, 1.165) is 0 Å². The number of fused-ring (bicyclic) bond motifs is 1. The number of benzene rings is 2. The number of ether oxygens (including phenoxy) is 1. The normalized spacial score (nSPS) is 16.9. The van der Waals surface area contributed by atoms with Gasteiger partial charge in [-0.1, -0.05) is 31.5 Å². The van der Waals surface area contributed by atoms with Gasteiger partial charge < -0.3 is 19.8 Å². The summed E-state index contributed by atoms with van der Waals surface area (Å²) in [5, 5.41) is 6.41. The fourth-order valence-electron chi connectivity index (χ4n) is 4.68. The molecule has 40 heavy (non-hydrogen) atoms. The molecule has 10 nitrogen and oxygen atoms in total. The molecule has 0 aliphatic carbocycles. The highest BCUT2D eigenvalue weighted by Crippen LogP contribution is 2.27. The van der Waals surface area contributed by atoms with Gasteiger partial charge in [-0.15, -0.1) is 0 Å². The van der Waals surface area contributed by atoms with E-state index < -0.39 is 39.7 Å². The van der Waals surface area contributed by atoms with Gasteiger partial charge in [0.15, 0.2) is 11.5 Å². The molecule has 1 aliphatic rings. The third kappa shape index (κ3) is 6.48. The van der Waals surface area contributed by atoms with Gasteiger partial charge in [0.2, 0.25) is 0 Å². The zero-order valence-corrected chi connectivity index (χ0v) is 24.0. The highest BCUT2D eigenvalue weighted by atomic mass is 35.5. The minimum absolute atomic E-state index is 0.0520. The van der Waals surface area contributed by atoms with Crippen LogP contribution in [-0.2, 0) is 19.6 Å². The fraction of sp³-hybridized carbons (Fsp3) is 0.393. The van der Waals surface area contributed by atoms with Gasteiger partial charge in [-0.2, -0.15) is 0 Å². The molecule has 2 heterocycles. The summed E-state index contributed by atoms with van der Waals surface area (Å²) >= 11 is 6.08. The second kappa shape index (κ2) is 12.4. The quantitative estimate of drug-likeness (QED) is 0.385. The van der Waals surface area contributed by atoms with Crippen molar-refractivity contribution in [1.29, 1.82) is 0 Å². The zero-order chi connectivity index (χ0) is 29.0. The molecule has 1 fully saturated rings. The average Bonchev–Trinajstić information content (AvgIpc) is 3.23. The molecule has 0 radical (unpaired) electrons. The molecule has 2 atom stereocenters. The number of carbonyl (C=O) groups excluding carboxylic acids is 3. The largest absolute Gasteiger partial charge is 0.497 e. The van der Waals surface area contributed by atoms with Gasteiger partial charge in [0.25, 0.3) is 21.8 Å². The topological polar surface area (TPSA) is 135 Å². The number of hydrogen-bond acceptors (Lipinski definition) is 8. The molecule has 0 bridgehead atoms. The number of nitrogens with zero attached hydrogens (tertiary/aromatic N) is 1. The molecular weight excluding hydrogens is 558 g/mol. The lowest BCUT2D eigenvalue weighted by Crippen LogP contribution is -2.56. The Hall–Kier alpha value is -3.41. The Morgan fingerprint density at radius 2 is 1.98 bits per heavy atom. The predicted molar refractivity (Wildman–Crippen MR) is 150 cm³/mol. The predicted octanol–water partition coefficient (Wildman–Crippen LogP) is 3.78. The number of methoxy groups -OCH3 is 1. The van der Waals surface area contributed by atoms with Crippen molar-refractivity contribution >= 4 is 50.2 Å². The van der Waals surface area contributed by atoms with E-state index in [1.807, 2.05) is 13.8 Å². The van der Waals surface area contributed by atoms with Crippen LogP contribution in [0.3, 0.4) is 0 Å². The molecule has 4 rings (SSSR count). The number of sulfonamides is 1. The summed E-state index contributed by atoms with van der Waals surface area (Å²) in [5.74, 6) is -1.60. The van der Waals surface area contributed by atoms with Crippen LogP contribution in [0.25, 0.3) is 11.0 Å². The molecule has 2 amide bonds. The van der Waals surface area contributed by atoms with E-state index >= 15 is 0 Å². The van der Waals surface area contributed by atoms with Gasteiger partial charge in [-0.05, 0) is 74.2 Å². The van der Waals surface area contributed by atoms with Crippen molar-refractivity contribution in [1.82, 2.24) is 14.9 Å². The van der Waals surface area contributed by atoms with Crippen molar-refractivity contribution in [2.45, 2.75) is 50.1 Å². The third-order valence-corrected chi connectivity index (χ3v) is 8.65. The van der Waals surface area contributed by atoms with Gasteiger partial charge in [0.05, 0.1) is 18.6 Å². The maximum atomic E-state index is 14.1. The number of hydrogen-bond donors (Lipinski definition) is 2. The number of ketones is 1. The van der Waals surface area contributed by atoms with Crippen LogP contribution in [0.5, 0.6) is 5.75 Å². The summed E-state index contributed by atoms with van der Waals surface area (Å²) in [5.41, 5.74) is 0.444. The summed E-state index contributed by atoms with van der Waals surface area (Å²) in [6.45, 7) is 4.11. The van der Waals surface area contributed by atoms with E-state index in [1.165, 1.54) is 37.4 Å². The first-order chi connectivity index (χ1) is 19.0. The first-order valence-corrected chi connectivity index (χ1v) is 14.8. The second-order valence-corrected chi connectivity index (χ2v) is 12.3. The molecule has 2 aromatic carbocycles. The summed E-state index contributed by atoms with van der Waals surface area (Å²) in [6, 6.07) is 9.60. The maximum absolute atomic E-state index is 14.1. The average molecular weight is 590 g/mol. The van der Waals surface area contributed by atoms with E-state index in [-0.39, 0.29) is 41.0 Å². The maximum Gasteiger partial charge on any atom is 0.287 e. The van der Waals surface area contributed by atoms with Crippen LogP contribution < -0.4 is 15.4 Å².